The van der Waals surface area contributed by atoms with Crippen LogP contribution < -0.4 is 20.7 Å². The molecule has 1 unspecified atom stereocenters. The van der Waals surface area contributed by atoms with E-state index in [9.17, 15) is 0 Å². The van der Waals surface area contributed by atoms with Gasteiger partial charge in [-0.3, -0.25) is 0 Å². The Balaban J connectivity index is 1.10. The second-order valence-corrected chi connectivity index (χ2v) is 21.0. The lowest BCUT2D eigenvalue weighted by Crippen LogP contribution is -2.76. The fraction of sp³-hybridized carbons (Fsp3) is 0. The molecule has 0 radical (unpaired) electrons. The predicted molar refractivity (Wildman–Crippen MR) is 272 cm³/mol. The van der Waals surface area contributed by atoms with Crippen LogP contribution in [0, 0.1) is 0 Å². The van der Waals surface area contributed by atoms with Crippen LogP contribution >= 0.6 is 0 Å². The van der Waals surface area contributed by atoms with Gasteiger partial charge in [-0.25, -0.2) is 0 Å². The van der Waals surface area contributed by atoms with Crippen molar-refractivity contribution >= 4 is 94.2 Å². The van der Waals surface area contributed by atoms with Crippen molar-refractivity contribution in [3.8, 4) is 28.2 Å². The van der Waals surface area contributed by atoms with Gasteiger partial charge in [-0.2, -0.15) is 0 Å². The van der Waals surface area contributed by atoms with Crippen molar-refractivity contribution in [2.75, 3.05) is 0 Å². The van der Waals surface area contributed by atoms with E-state index in [1.807, 2.05) is 0 Å². The van der Waals surface area contributed by atoms with Gasteiger partial charge in [0.05, 0.1) is 33.1 Å². The highest BCUT2D eigenvalue weighted by molar-refractivity contribution is 7.21. The van der Waals surface area contributed by atoms with Gasteiger partial charge in [0.25, 0.3) is 0 Å². The van der Waals surface area contributed by atoms with Gasteiger partial charge in [-0.1, -0.05) is 176 Å². The molecule has 1 aliphatic rings. The van der Waals surface area contributed by atoms with Crippen LogP contribution in [0.25, 0.3) is 93.6 Å². The van der Waals surface area contributed by atoms with Crippen LogP contribution in [0.3, 0.4) is 0 Å². The summed E-state index contributed by atoms with van der Waals surface area (Å²) in [5, 5.41) is 13.1. The third-order valence-electron chi connectivity index (χ3n) is 14.1. The van der Waals surface area contributed by atoms with Crippen LogP contribution in [0.4, 0.5) is 0 Å². The van der Waals surface area contributed by atoms with Crippen molar-refractivity contribution in [1.82, 2.24) is 13.7 Å². The molecule has 0 saturated carbocycles. The Morgan fingerprint density at radius 1 is 0.266 bits per heavy atom. The molecular weight excluding hydrogens is 791 g/mol. The van der Waals surface area contributed by atoms with Gasteiger partial charge in [0.1, 0.15) is 0 Å². The summed E-state index contributed by atoms with van der Waals surface area (Å²) in [6, 6.07) is 88.6. The minimum atomic E-state index is -3.01. The molecule has 14 rings (SSSR count). The average Bonchev–Trinajstić information content (AvgIpc) is 4.01. The highest BCUT2D eigenvalue weighted by Crippen LogP contribution is 2.40. The molecule has 0 bridgehead atoms. The van der Waals surface area contributed by atoms with Gasteiger partial charge >= 0.3 is 0 Å². The van der Waals surface area contributed by atoms with Crippen molar-refractivity contribution in [1.29, 1.82) is 0 Å². The molecule has 4 heterocycles. The van der Waals surface area contributed by atoms with Gasteiger partial charge < -0.3 is 13.7 Å². The first-order valence-electron chi connectivity index (χ1n) is 22.2. The topological polar surface area (TPSA) is 14.8 Å². The smallest absolute Gasteiger partial charge is 0.184 e. The minimum Gasteiger partial charge on any atom is -0.309 e. The first kappa shape index (κ1) is 35.4. The highest BCUT2D eigenvalue weighted by atomic mass is 28.3. The minimum absolute atomic E-state index is 1.16. The summed E-state index contributed by atoms with van der Waals surface area (Å²) in [6.07, 6.45) is 0. The number of aromatic nitrogens is 3. The molecule has 1 aliphatic heterocycles. The summed E-state index contributed by atoms with van der Waals surface area (Å²) in [5.74, 6) is 0. The zero-order valence-corrected chi connectivity index (χ0v) is 35.9. The molecule has 64 heavy (non-hydrogen) atoms. The Hall–Kier alpha value is -8.18. The lowest BCUT2D eigenvalue weighted by Gasteiger charge is -2.40. The molecule has 10 aromatic carbocycles. The Bertz CT molecular complexity index is 3950. The molecule has 3 aromatic heterocycles. The van der Waals surface area contributed by atoms with Gasteiger partial charge in [-0.15, -0.1) is 0 Å². The summed E-state index contributed by atoms with van der Waals surface area (Å²) in [4.78, 5) is 0. The maximum Gasteiger partial charge on any atom is 0.184 e. The summed E-state index contributed by atoms with van der Waals surface area (Å²) in [6.45, 7) is 0. The molecule has 298 valence electrons. The van der Waals surface area contributed by atoms with Gasteiger partial charge in [0, 0.05) is 49.4 Å². The molecule has 0 aliphatic carbocycles. The van der Waals surface area contributed by atoms with Crippen LogP contribution in [0.15, 0.2) is 237 Å². The standard InChI is InChI=1S/C60H39N3Si/c1-3-17-40(18-4-1)41-31-34-45(35-32-41)64(44-19-5-2-6-20-44)58-30-16-15-29-57(58)63-55-28-14-10-24-49(55)51-38-43(39-59(64)60(51)63)62-54-27-13-9-23-48(54)50-37-42(33-36-56(50)62)61-52-25-11-7-21-46(52)47-22-8-12-26-53(47)61/h1-39H. The maximum absolute atomic E-state index is 3.01. The number of hydrogen-bond donors (Lipinski definition) is 0. The lowest BCUT2D eigenvalue weighted by atomic mass is 10.1. The van der Waals surface area contributed by atoms with Crippen LogP contribution in [-0.2, 0) is 0 Å². The van der Waals surface area contributed by atoms with Crippen LogP contribution in [-0.4, -0.2) is 21.8 Å². The van der Waals surface area contributed by atoms with E-state index in [1.165, 1.54) is 109 Å². The third kappa shape index (κ3) is 4.75. The fourth-order valence-electron chi connectivity index (χ4n) is 11.5. The van der Waals surface area contributed by atoms with E-state index in [4.69, 9.17) is 0 Å². The Labute approximate surface area is 370 Å². The average molecular weight is 830 g/mol. The van der Waals surface area contributed by atoms with E-state index in [0.717, 1.165) is 5.69 Å². The SMILES string of the molecule is c1ccc(-c2ccc([Si]3(c4ccccc4)c4ccccc4-n4c5ccccc5c5cc(-n6c7ccccc7c7cc(-n8c9ccccc9c9ccccc98)ccc76)cc3c54)cc2)cc1. The Morgan fingerprint density at radius 3 is 1.38 bits per heavy atom. The van der Waals surface area contributed by atoms with Gasteiger partial charge in [0.15, 0.2) is 8.07 Å². The monoisotopic (exact) mass is 829 g/mol. The molecule has 4 heteroatoms. The van der Waals surface area contributed by atoms with Crippen LogP contribution in [0.5, 0.6) is 0 Å². The second kappa shape index (κ2) is 13.4. The van der Waals surface area contributed by atoms with E-state index < -0.39 is 8.07 Å². The Kier molecular flexibility index (Phi) is 7.42. The maximum atomic E-state index is 2.57. The van der Waals surface area contributed by atoms with E-state index in [-0.39, 0.29) is 0 Å². The number of para-hydroxylation sites is 5. The van der Waals surface area contributed by atoms with E-state index in [1.54, 1.807) is 0 Å². The number of nitrogens with zero attached hydrogens (tertiary/aromatic N) is 3. The molecule has 13 aromatic rings. The van der Waals surface area contributed by atoms with E-state index in [2.05, 4.69) is 250 Å². The highest BCUT2D eigenvalue weighted by Gasteiger charge is 2.48. The predicted octanol–water partition coefficient (Wildman–Crippen LogP) is 12.3. The number of hydrogen-bond acceptors (Lipinski definition) is 0. The molecule has 1 atom stereocenters. The Morgan fingerprint density at radius 2 is 0.719 bits per heavy atom. The molecule has 0 fully saturated rings. The summed E-state index contributed by atoms with van der Waals surface area (Å²) in [5.41, 5.74) is 13.4. The second-order valence-electron chi connectivity index (χ2n) is 17.2. The molecule has 0 N–H and O–H groups in total. The zero-order chi connectivity index (χ0) is 41.9. The van der Waals surface area contributed by atoms with Crippen molar-refractivity contribution in [2.24, 2.45) is 0 Å². The van der Waals surface area contributed by atoms with Crippen molar-refractivity contribution < 1.29 is 0 Å². The normalized spacial score (nSPS) is 14.6. The first-order chi connectivity index (χ1) is 31.8. The van der Waals surface area contributed by atoms with Crippen LogP contribution in [0.1, 0.15) is 0 Å². The number of fused-ring (bicyclic) bond motifs is 11. The van der Waals surface area contributed by atoms with Gasteiger partial charge in [0.2, 0.25) is 0 Å². The van der Waals surface area contributed by atoms with Gasteiger partial charge in [-0.05, 0) is 92.5 Å². The van der Waals surface area contributed by atoms with Crippen LogP contribution in [0.2, 0.25) is 0 Å². The largest absolute Gasteiger partial charge is 0.309 e. The van der Waals surface area contributed by atoms with Crippen molar-refractivity contribution in [2.45, 2.75) is 0 Å². The van der Waals surface area contributed by atoms with E-state index >= 15 is 0 Å². The van der Waals surface area contributed by atoms with Crippen molar-refractivity contribution in [3.63, 3.8) is 0 Å². The van der Waals surface area contributed by atoms with Crippen molar-refractivity contribution in [3.05, 3.63) is 237 Å². The zero-order valence-electron chi connectivity index (χ0n) is 34.9. The first-order valence-corrected chi connectivity index (χ1v) is 24.2. The summed E-state index contributed by atoms with van der Waals surface area (Å²) < 4.78 is 7.53. The number of rotatable bonds is 5. The molecule has 0 saturated heterocycles. The molecule has 3 nitrogen and oxygen atoms in total. The molecular formula is C60H39N3Si. The molecule has 0 amide bonds. The fourth-order valence-corrected chi connectivity index (χ4v) is 16.6. The third-order valence-corrected chi connectivity index (χ3v) is 18.9. The summed E-state index contributed by atoms with van der Waals surface area (Å²) >= 11 is 0. The summed E-state index contributed by atoms with van der Waals surface area (Å²) in [7, 11) is -3.01. The van der Waals surface area contributed by atoms with E-state index in [0.29, 0.717) is 0 Å². The lowest BCUT2D eigenvalue weighted by molar-refractivity contribution is 1.16. The quantitative estimate of drug-likeness (QED) is 0.154. The number of benzene rings is 10. The molecule has 0 spiro atoms.